The molecule has 3 nitrogen and oxygen atoms in total. The van der Waals surface area contributed by atoms with Gasteiger partial charge in [-0.2, -0.15) is 0 Å². The Labute approximate surface area is 129 Å². The molecule has 0 aromatic heterocycles. The van der Waals surface area contributed by atoms with Gasteiger partial charge in [0.2, 0.25) is 0 Å². The topological polar surface area (TPSA) is 35.5 Å². The van der Waals surface area contributed by atoms with Crippen LogP contribution in [0.1, 0.15) is 53.4 Å². The smallest absolute Gasteiger partial charge is 0.309 e. The third-order valence-electron chi connectivity index (χ3n) is 3.43. The van der Waals surface area contributed by atoms with E-state index in [0.717, 1.165) is 25.7 Å². The van der Waals surface area contributed by atoms with Crippen LogP contribution in [0.4, 0.5) is 0 Å². The van der Waals surface area contributed by atoms with E-state index in [1.807, 2.05) is 0 Å². The average molecular weight is 408 g/mol. The molecule has 0 amide bonds. The first-order valence-corrected chi connectivity index (χ1v) is 9.33. The standard InChI is InChI=1S/C12H25Br2O3P/c1-5-11(13,6-2)9-16-18(15)17-10-12(14,7-3)8-4/h18H,5-10H2,1-4H3. The lowest BCUT2D eigenvalue weighted by molar-refractivity contribution is 0.190. The highest BCUT2D eigenvalue weighted by Gasteiger charge is 2.26. The molecule has 0 fully saturated rings. The summed E-state index contributed by atoms with van der Waals surface area (Å²) in [6.45, 7) is 9.17. The maximum atomic E-state index is 11.7. The zero-order valence-corrected chi connectivity index (χ0v) is 15.9. The number of hydrogen-bond acceptors (Lipinski definition) is 3. The van der Waals surface area contributed by atoms with Gasteiger partial charge in [0.25, 0.3) is 0 Å². The van der Waals surface area contributed by atoms with E-state index in [9.17, 15) is 4.57 Å². The summed E-state index contributed by atoms with van der Waals surface area (Å²) in [5.41, 5.74) is 0. The molecule has 0 aromatic rings. The minimum absolute atomic E-state index is 0.0856. The van der Waals surface area contributed by atoms with Crippen molar-refractivity contribution in [2.75, 3.05) is 13.2 Å². The minimum Gasteiger partial charge on any atom is -0.309 e. The fourth-order valence-electron chi connectivity index (χ4n) is 1.33. The van der Waals surface area contributed by atoms with E-state index >= 15 is 0 Å². The fourth-order valence-corrected chi connectivity index (χ4v) is 2.85. The minimum atomic E-state index is -2.40. The average Bonchev–Trinajstić information content (AvgIpc) is 2.42. The molecular weight excluding hydrogens is 383 g/mol. The second kappa shape index (κ2) is 9.12. The molecule has 18 heavy (non-hydrogen) atoms. The van der Waals surface area contributed by atoms with Gasteiger partial charge in [-0.1, -0.05) is 59.6 Å². The molecule has 0 spiro atoms. The predicted molar refractivity (Wildman–Crippen MR) is 85.4 cm³/mol. The van der Waals surface area contributed by atoms with Crippen LogP contribution in [0.25, 0.3) is 0 Å². The van der Waals surface area contributed by atoms with E-state index in [4.69, 9.17) is 9.05 Å². The monoisotopic (exact) mass is 406 g/mol. The Bertz CT molecular complexity index is 230. The van der Waals surface area contributed by atoms with Gasteiger partial charge in [0, 0.05) is 8.65 Å². The number of rotatable bonds is 10. The van der Waals surface area contributed by atoms with Crippen LogP contribution in [0, 0.1) is 0 Å². The Kier molecular flexibility index (Phi) is 9.68. The molecule has 0 aliphatic rings. The molecule has 0 unspecified atom stereocenters. The van der Waals surface area contributed by atoms with Gasteiger partial charge in [0.05, 0.1) is 13.2 Å². The van der Waals surface area contributed by atoms with E-state index < -0.39 is 8.25 Å². The Hall–Kier alpha value is 1.11. The third kappa shape index (κ3) is 7.04. The van der Waals surface area contributed by atoms with Crippen LogP contribution in [0.5, 0.6) is 0 Å². The van der Waals surface area contributed by atoms with Crippen molar-refractivity contribution in [2.24, 2.45) is 0 Å². The summed E-state index contributed by atoms with van der Waals surface area (Å²) >= 11 is 7.23. The highest BCUT2D eigenvalue weighted by Crippen LogP contribution is 2.35. The van der Waals surface area contributed by atoms with Crippen molar-refractivity contribution < 1.29 is 13.6 Å². The van der Waals surface area contributed by atoms with Crippen molar-refractivity contribution in [3.63, 3.8) is 0 Å². The van der Waals surface area contributed by atoms with Crippen molar-refractivity contribution in [3.05, 3.63) is 0 Å². The second-order valence-electron chi connectivity index (χ2n) is 4.54. The van der Waals surface area contributed by atoms with E-state index in [-0.39, 0.29) is 8.65 Å². The van der Waals surface area contributed by atoms with Crippen LogP contribution in [-0.2, 0) is 13.6 Å². The first kappa shape index (κ1) is 19.1. The first-order chi connectivity index (χ1) is 8.34. The van der Waals surface area contributed by atoms with E-state index in [0.29, 0.717) is 13.2 Å². The summed E-state index contributed by atoms with van der Waals surface area (Å²) in [4.78, 5) is 0. The van der Waals surface area contributed by atoms with Gasteiger partial charge in [-0.3, -0.25) is 4.57 Å². The van der Waals surface area contributed by atoms with Gasteiger partial charge >= 0.3 is 8.25 Å². The molecule has 0 radical (unpaired) electrons. The van der Waals surface area contributed by atoms with Crippen LogP contribution < -0.4 is 0 Å². The largest absolute Gasteiger partial charge is 0.319 e. The number of alkyl halides is 2. The summed E-state index contributed by atoms with van der Waals surface area (Å²) in [5, 5.41) is 0. The number of hydrogen-bond donors (Lipinski definition) is 0. The quantitative estimate of drug-likeness (QED) is 0.363. The summed E-state index contributed by atoms with van der Waals surface area (Å²) in [6.07, 6.45) is 3.74. The second-order valence-corrected chi connectivity index (χ2v) is 8.99. The summed E-state index contributed by atoms with van der Waals surface area (Å²) in [5.74, 6) is 0. The van der Waals surface area contributed by atoms with Crippen molar-refractivity contribution in [1.82, 2.24) is 0 Å². The summed E-state index contributed by atoms with van der Waals surface area (Å²) < 4.78 is 22.2. The van der Waals surface area contributed by atoms with E-state index in [1.54, 1.807) is 0 Å². The van der Waals surface area contributed by atoms with E-state index in [2.05, 4.69) is 59.6 Å². The van der Waals surface area contributed by atoms with Gasteiger partial charge in [-0.25, -0.2) is 0 Å². The van der Waals surface area contributed by atoms with Crippen LogP contribution >= 0.6 is 40.1 Å². The molecule has 0 saturated carbocycles. The summed E-state index contributed by atoms with van der Waals surface area (Å²) in [6, 6.07) is 0. The van der Waals surface area contributed by atoms with Crippen molar-refractivity contribution in [3.8, 4) is 0 Å². The molecule has 0 saturated heterocycles. The highest BCUT2D eigenvalue weighted by molar-refractivity contribution is 9.10. The molecule has 0 heterocycles. The molecule has 110 valence electrons. The zero-order valence-electron chi connectivity index (χ0n) is 11.7. The number of halogens is 2. The SMILES string of the molecule is CCC(Br)(CC)CO[PH](=O)OCC(Br)(CC)CC. The molecule has 0 N–H and O–H groups in total. The van der Waals surface area contributed by atoms with Crippen molar-refractivity contribution in [2.45, 2.75) is 62.0 Å². The van der Waals surface area contributed by atoms with Gasteiger partial charge in [-0.15, -0.1) is 0 Å². The van der Waals surface area contributed by atoms with Crippen molar-refractivity contribution in [1.29, 1.82) is 0 Å². The molecule has 0 aliphatic heterocycles. The molecule has 0 atom stereocenters. The van der Waals surface area contributed by atoms with Gasteiger partial charge in [-0.05, 0) is 25.7 Å². The first-order valence-electron chi connectivity index (χ1n) is 6.52. The Balaban J connectivity index is 4.06. The molecule has 0 rings (SSSR count). The lowest BCUT2D eigenvalue weighted by atomic mass is 10.1. The van der Waals surface area contributed by atoms with Gasteiger partial charge in [0.1, 0.15) is 0 Å². The van der Waals surface area contributed by atoms with Crippen molar-refractivity contribution >= 4 is 40.1 Å². The lowest BCUT2D eigenvalue weighted by Crippen LogP contribution is -2.26. The zero-order chi connectivity index (χ0) is 14.2. The summed E-state index contributed by atoms with van der Waals surface area (Å²) in [7, 11) is -2.40. The highest BCUT2D eigenvalue weighted by atomic mass is 79.9. The normalized spacial score (nSPS) is 13.3. The maximum Gasteiger partial charge on any atom is 0.319 e. The Morgan fingerprint density at radius 1 is 0.833 bits per heavy atom. The van der Waals surface area contributed by atoms with Crippen LogP contribution in [0.2, 0.25) is 0 Å². The predicted octanol–water partition coefficient (Wildman–Crippen LogP) is 5.32. The Morgan fingerprint density at radius 2 is 1.11 bits per heavy atom. The fraction of sp³-hybridized carbons (Fsp3) is 1.00. The van der Waals surface area contributed by atoms with Gasteiger partial charge in [0.15, 0.2) is 0 Å². The maximum absolute atomic E-state index is 11.7. The molecule has 0 aliphatic carbocycles. The van der Waals surface area contributed by atoms with E-state index in [1.165, 1.54) is 0 Å². The van der Waals surface area contributed by atoms with Crippen LogP contribution in [-0.4, -0.2) is 21.9 Å². The lowest BCUT2D eigenvalue weighted by Gasteiger charge is -2.26. The molecule has 0 bridgehead atoms. The van der Waals surface area contributed by atoms with Crippen LogP contribution in [0.3, 0.4) is 0 Å². The van der Waals surface area contributed by atoms with Crippen LogP contribution in [0.15, 0.2) is 0 Å². The molecule has 6 heteroatoms. The third-order valence-corrected chi connectivity index (χ3v) is 6.89. The van der Waals surface area contributed by atoms with Gasteiger partial charge < -0.3 is 9.05 Å². The molecular formula is C12H25Br2O3P. The molecule has 0 aromatic carbocycles. The Morgan fingerprint density at radius 3 is 1.33 bits per heavy atom.